The zero-order valence-corrected chi connectivity index (χ0v) is 16.5. The number of hydrogen-bond donors (Lipinski definition) is 2. The summed E-state index contributed by atoms with van der Waals surface area (Å²) in [6, 6.07) is 13.2. The van der Waals surface area contributed by atoms with Crippen molar-refractivity contribution in [3.8, 4) is 5.75 Å². The summed E-state index contributed by atoms with van der Waals surface area (Å²) >= 11 is 0. The normalized spacial score (nSPS) is 16.0. The van der Waals surface area contributed by atoms with Crippen LogP contribution in [0.1, 0.15) is 18.4 Å². The maximum atomic E-state index is 13.6. The van der Waals surface area contributed by atoms with Gasteiger partial charge in [0.2, 0.25) is 0 Å². The molecule has 0 atom stereocenters. The molecule has 29 heavy (non-hydrogen) atoms. The standard InChI is InChI=1S/C24H26FN3O/c25-19-5-6-23-21(14-19)18(15-26-23)13-17-7-9-28(10-8-17)11-12-29-24-16-27-22-4-2-1-3-20(22)24/h1-6,14-17,26-27H,7-13H2. The molecule has 0 radical (unpaired) electrons. The third-order valence-electron chi connectivity index (χ3n) is 6.16. The maximum absolute atomic E-state index is 13.6. The number of halogens is 1. The summed E-state index contributed by atoms with van der Waals surface area (Å²) in [5.74, 6) is 1.42. The third-order valence-corrected chi connectivity index (χ3v) is 6.16. The Bertz CT molecular complexity index is 1110. The molecule has 5 heteroatoms. The van der Waals surface area contributed by atoms with Crippen LogP contribution in [0.25, 0.3) is 21.8 Å². The van der Waals surface area contributed by atoms with E-state index >= 15 is 0 Å². The van der Waals surface area contributed by atoms with Crippen molar-refractivity contribution in [2.75, 3.05) is 26.2 Å². The van der Waals surface area contributed by atoms with Crippen molar-refractivity contribution < 1.29 is 9.13 Å². The van der Waals surface area contributed by atoms with E-state index in [1.807, 2.05) is 30.6 Å². The van der Waals surface area contributed by atoms with Crippen molar-refractivity contribution in [1.29, 1.82) is 0 Å². The Kier molecular flexibility index (Phi) is 4.98. The Hall–Kier alpha value is -2.79. The van der Waals surface area contributed by atoms with Gasteiger partial charge in [-0.05, 0) is 74.2 Å². The number of hydrogen-bond acceptors (Lipinski definition) is 2. The molecular formula is C24H26FN3O. The second-order valence-electron chi connectivity index (χ2n) is 8.04. The Morgan fingerprint density at radius 2 is 1.76 bits per heavy atom. The number of fused-ring (bicyclic) bond motifs is 2. The number of ether oxygens (including phenoxy) is 1. The molecule has 3 heterocycles. The average Bonchev–Trinajstić information content (AvgIpc) is 3.34. The Morgan fingerprint density at radius 1 is 0.966 bits per heavy atom. The first-order chi connectivity index (χ1) is 14.3. The van der Waals surface area contributed by atoms with E-state index in [9.17, 15) is 4.39 Å². The first-order valence-corrected chi connectivity index (χ1v) is 10.4. The summed E-state index contributed by atoms with van der Waals surface area (Å²) in [4.78, 5) is 9.01. The van der Waals surface area contributed by atoms with Gasteiger partial charge in [0, 0.05) is 40.7 Å². The SMILES string of the molecule is Fc1ccc2[nH]cc(CC3CCN(CCOc4c[nH]c5ccccc45)CC3)c2c1. The number of nitrogens with one attached hydrogen (secondary N) is 2. The molecule has 1 aliphatic rings. The van der Waals surface area contributed by atoms with Gasteiger partial charge in [0.05, 0.1) is 0 Å². The molecule has 2 aromatic carbocycles. The molecule has 0 unspecified atom stereocenters. The fourth-order valence-electron chi connectivity index (χ4n) is 4.49. The summed E-state index contributed by atoms with van der Waals surface area (Å²) in [5, 5.41) is 2.17. The first-order valence-electron chi connectivity index (χ1n) is 10.4. The molecular weight excluding hydrogens is 365 g/mol. The number of aromatic amines is 2. The summed E-state index contributed by atoms with van der Waals surface area (Å²) in [6.07, 6.45) is 7.36. The van der Waals surface area contributed by atoms with Crippen molar-refractivity contribution in [2.45, 2.75) is 19.3 Å². The highest BCUT2D eigenvalue weighted by atomic mass is 19.1. The second kappa shape index (κ2) is 7.91. The molecule has 0 bridgehead atoms. The molecule has 150 valence electrons. The van der Waals surface area contributed by atoms with E-state index in [4.69, 9.17) is 4.74 Å². The topological polar surface area (TPSA) is 44.0 Å². The minimum absolute atomic E-state index is 0.164. The zero-order chi connectivity index (χ0) is 19.6. The van der Waals surface area contributed by atoms with Crippen LogP contribution in [-0.2, 0) is 6.42 Å². The molecule has 0 amide bonds. The molecule has 2 aromatic heterocycles. The first kappa shape index (κ1) is 18.3. The van der Waals surface area contributed by atoms with Crippen LogP contribution in [0.5, 0.6) is 5.75 Å². The van der Waals surface area contributed by atoms with E-state index in [-0.39, 0.29) is 5.82 Å². The number of para-hydroxylation sites is 1. The van der Waals surface area contributed by atoms with Crippen LogP contribution < -0.4 is 4.74 Å². The number of nitrogens with zero attached hydrogens (tertiary/aromatic N) is 1. The van der Waals surface area contributed by atoms with Crippen LogP contribution in [0.3, 0.4) is 0 Å². The van der Waals surface area contributed by atoms with Crippen molar-refractivity contribution in [3.63, 3.8) is 0 Å². The maximum Gasteiger partial charge on any atom is 0.144 e. The van der Waals surface area contributed by atoms with Crippen molar-refractivity contribution in [1.82, 2.24) is 14.9 Å². The minimum atomic E-state index is -0.164. The number of piperidine rings is 1. The smallest absolute Gasteiger partial charge is 0.144 e. The summed E-state index contributed by atoms with van der Waals surface area (Å²) < 4.78 is 19.6. The highest BCUT2D eigenvalue weighted by molar-refractivity contribution is 5.86. The van der Waals surface area contributed by atoms with E-state index in [2.05, 4.69) is 27.0 Å². The van der Waals surface area contributed by atoms with E-state index in [1.54, 1.807) is 6.07 Å². The number of benzene rings is 2. The summed E-state index contributed by atoms with van der Waals surface area (Å²) in [5.41, 5.74) is 3.37. The molecule has 0 spiro atoms. The van der Waals surface area contributed by atoms with Crippen LogP contribution >= 0.6 is 0 Å². The Morgan fingerprint density at radius 3 is 2.66 bits per heavy atom. The van der Waals surface area contributed by atoms with Crippen molar-refractivity contribution in [2.24, 2.45) is 5.92 Å². The summed E-state index contributed by atoms with van der Waals surface area (Å²) in [7, 11) is 0. The van der Waals surface area contributed by atoms with Gasteiger partial charge in [-0.1, -0.05) is 12.1 Å². The molecule has 2 N–H and O–H groups in total. The fourth-order valence-corrected chi connectivity index (χ4v) is 4.49. The van der Waals surface area contributed by atoms with Gasteiger partial charge in [-0.15, -0.1) is 0 Å². The van der Waals surface area contributed by atoms with Crippen molar-refractivity contribution in [3.05, 3.63) is 66.2 Å². The second-order valence-corrected chi connectivity index (χ2v) is 8.04. The Balaban J connectivity index is 1.11. The van der Waals surface area contributed by atoms with Gasteiger partial charge in [0.25, 0.3) is 0 Å². The predicted octanol–water partition coefficient (Wildman–Crippen LogP) is 5.12. The Labute approximate surface area is 169 Å². The molecule has 4 aromatic rings. The molecule has 1 fully saturated rings. The molecule has 0 aliphatic carbocycles. The van der Waals surface area contributed by atoms with Gasteiger partial charge in [0.1, 0.15) is 18.2 Å². The van der Waals surface area contributed by atoms with E-state index < -0.39 is 0 Å². The lowest BCUT2D eigenvalue weighted by atomic mass is 9.90. The van der Waals surface area contributed by atoms with Crippen LogP contribution in [0.2, 0.25) is 0 Å². The van der Waals surface area contributed by atoms with Gasteiger partial charge in [-0.25, -0.2) is 4.39 Å². The minimum Gasteiger partial charge on any atom is -0.490 e. The van der Waals surface area contributed by atoms with Gasteiger partial charge in [0.15, 0.2) is 0 Å². The van der Waals surface area contributed by atoms with Gasteiger partial charge in [-0.3, -0.25) is 4.90 Å². The fraction of sp³-hybridized carbons (Fsp3) is 0.333. The van der Waals surface area contributed by atoms with Crippen LogP contribution in [-0.4, -0.2) is 41.1 Å². The quantitative estimate of drug-likeness (QED) is 0.479. The molecule has 0 saturated carbocycles. The highest BCUT2D eigenvalue weighted by Gasteiger charge is 2.20. The highest BCUT2D eigenvalue weighted by Crippen LogP contribution is 2.27. The monoisotopic (exact) mass is 391 g/mol. The zero-order valence-electron chi connectivity index (χ0n) is 16.5. The van der Waals surface area contributed by atoms with E-state index in [0.29, 0.717) is 12.5 Å². The third kappa shape index (κ3) is 3.87. The molecule has 5 rings (SSSR count). The lowest BCUT2D eigenvalue weighted by Gasteiger charge is -2.31. The van der Waals surface area contributed by atoms with Gasteiger partial charge < -0.3 is 14.7 Å². The summed E-state index contributed by atoms with van der Waals surface area (Å²) in [6.45, 7) is 3.84. The van der Waals surface area contributed by atoms with E-state index in [0.717, 1.165) is 53.6 Å². The average molecular weight is 391 g/mol. The lowest BCUT2D eigenvalue weighted by molar-refractivity contribution is 0.155. The van der Waals surface area contributed by atoms with E-state index in [1.165, 1.54) is 24.5 Å². The van der Waals surface area contributed by atoms with Crippen molar-refractivity contribution >= 4 is 21.8 Å². The van der Waals surface area contributed by atoms with Gasteiger partial charge in [-0.2, -0.15) is 0 Å². The largest absolute Gasteiger partial charge is 0.490 e. The van der Waals surface area contributed by atoms with Crippen LogP contribution in [0.4, 0.5) is 4.39 Å². The molecule has 4 nitrogen and oxygen atoms in total. The number of likely N-dealkylation sites (tertiary alicyclic amines) is 1. The van der Waals surface area contributed by atoms with Gasteiger partial charge >= 0.3 is 0 Å². The van der Waals surface area contributed by atoms with Crippen LogP contribution in [0.15, 0.2) is 54.9 Å². The van der Waals surface area contributed by atoms with Crippen LogP contribution in [0, 0.1) is 11.7 Å². The number of aromatic nitrogens is 2. The predicted molar refractivity (Wildman–Crippen MR) is 115 cm³/mol. The number of rotatable bonds is 6. The lowest BCUT2D eigenvalue weighted by Crippen LogP contribution is -2.36. The molecule has 1 saturated heterocycles. The number of H-pyrrole nitrogens is 2. The molecule has 1 aliphatic heterocycles.